The lowest BCUT2D eigenvalue weighted by molar-refractivity contribution is -0.384. The Bertz CT molecular complexity index is 641. The topological polar surface area (TPSA) is 126 Å². The highest BCUT2D eigenvalue weighted by Gasteiger charge is 2.24. The van der Waals surface area contributed by atoms with E-state index in [0.717, 1.165) is 4.68 Å². The molecule has 4 N–H and O–H groups in total. The summed E-state index contributed by atoms with van der Waals surface area (Å²) in [5.41, 5.74) is 4.30. The maximum atomic E-state index is 13.1. The van der Waals surface area contributed by atoms with Crippen LogP contribution in [0.25, 0.3) is 11.4 Å². The van der Waals surface area contributed by atoms with E-state index in [1.165, 1.54) is 0 Å². The van der Waals surface area contributed by atoms with Gasteiger partial charge >= 0.3 is 0 Å². The third-order valence-corrected chi connectivity index (χ3v) is 2.20. The SMILES string of the molecule is Nc1nnc(-c2cc(F)c(F)cc2[N+](=O)[O-])n1N. The van der Waals surface area contributed by atoms with Crippen molar-refractivity contribution in [1.29, 1.82) is 0 Å². The summed E-state index contributed by atoms with van der Waals surface area (Å²) in [6, 6.07) is 1.05. The second kappa shape index (κ2) is 3.91. The van der Waals surface area contributed by atoms with E-state index in [1.807, 2.05) is 0 Å². The summed E-state index contributed by atoms with van der Waals surface area (Å²) < 4.78 is 26.8. The van der Waals surface area contributed by atoms with E-state index in [9.17, 15) is 18.9 Å². The van der Waals surface area contributed by atoms with Crippen LogP contribution < -0.4 is 11.6 Å². The Hall–Kier alpha value is -2.78. The molecule has 1 aromatic heterocycles. The number of nitrogen functional groups attached to an aromatic ring is 2. The molecule has 94 valence electrons. The average Bonchev–Trinajstić information content (AvgIpc) is 2.63. The molecule has 0 saturated carbocycles. The first-order valence-corrected chi connectivity index (χ1v) is 4.51. The first-order valence-electron chi connectivity index (χ1n) is 4.51. The van der Waals surface area contributed by atoms with Crippen molar-refractivity contribution in [3.63, 3.8) is 0 Å². The summed E-state index contributed by atoms with van der Waals surface area (Å²) in [6.07, 6.45) is 0. The molecule has 0 aliphatic carbocycles. The number of anilines is 1. The van der Waals surface area contributed by atoms with Crippen LogP contribution in [0.3, 0.4) is 0 Å². The molecule has 18 heavy (non-hydrogen) atoms. The van der Waals surface area contributed by atoms with Gasteiger partial charge < -0.3 is 11.6 Å². The van der Waals surface area contributed by atoms with Gasteiger partial charge in [0, 0.05) is 0 Å². The van der Waals surface area contributed by atoms with Gasteiger partial charge in [0.25, 0.3) is 5.69 Å². The third kappa shape index (κ3) is 1.69. The maximum Gasteiger partial charge on any atom is 0.283 e. The predicted molar refractivity (Wildman–Crippen MR) is 56.6 cm³/mol. The fourth-order valence-corrected chi connectivity index (χ4v) is 1.35. The molecule has 0 amide bonds. The van der Waals surface area contributed by atoms with Gasteiger partial charge in [-0.15, -0.1) is 10.2 Å². The minimum Gasteiger partial charge on any atom is -0.366 e. The summed E-state index contributed by atoms with van der Waals surface area (Å²) in [5.74, 6) is 2.35. The van der Waals surface area contributed by atoms with Crippen molar-refractivity contribution in [3.8, 4) is 11.4 Å². The van der Waals surface area contributed by atoms with Crippen LogP contribution in [0.2, 0.25) is 0 Å². The highest BCUT2D eigenvalue weighted by Crippen LogP contribution is 2.30. The van der Waals surface area contributed by atoms with E-state index in [-0.39, 0.29) is 17.3 Å². The quantitative estimate of drug-likeness (QED) is 0.455. The van der Waals surface area contributed by atoms with E-state index in [0.29, 0.717) is 12.1 Å². The number of halogens is 2. The summed E-state index contributed by atoms with van der Waals surface area (Å²) >= 11 is 0. The van der Waals surface area contributed by atoms with Crippen molar-refractivity contribution >= 4 is 11.6 Å². The van der Waals surface area contributed by atoms with E-state index in [1.54, 1.807) is 0 Å². The number of hydrogen-bond acceptors (Lipinski definition) is 6. The molecule has 10 heteroatoms. The first kappa shape index (κ1) is 11.7. The van der Waals surface area contributed by atoms with Crippen LogP contribution in [0.4, 0.5) is 20.4 Å². The molecule has 2 aromatic rings. The van der Waals surface area contributed by atoms with Crippen molar-refractivity contribution in [2.75, 3.05) is 11.6 Å². The Morgan fingerprint density at radius 3 is 2.39 bits per heavy atom. The van der Waals surface area contributed by atoms with Gasteiger partial charge in [-0.2, -0.15) is 0 Å². The van der Waals surface area contributed by atoms with Gasteiger partial charge in [0.15, 0.2) is 17.5 Å². The molecule has 1 heterocycles. The summed E-state index contributed by atoms with van der Waals surface area (Å²) in [4.78, 5) is 9.88. The normalized spacial score (nSPS) is 10.6. The number of nitrogens with zero attached hydrogens (tertiary/aromatic N) is 4. The monoisotopic (exact) mass is 256 g/mol. The molecule has 0 unspecified atom stereocenters. The highest BCUT2D eigenvalue weighted by atomic mass is 19.2. The van der Waals surface area contributed by atoms with Crippen molar-refractivity contribution < 1.29 is 13.7 Å². The standard InChI is InChI=1S/C8H6F2N6O2/c9-4-1-3(6(16(17)18)2-5(4)10)7-13-14-8(11)15(7)12/h1-2H,12H2,(H2,11,14). The van der Waals surface area contributed by atoms with Crippen molar-refractivity contribution in [3.05, 3.63) is 33.9 Å². The molecule has 0 bridgehead atoms. The van der Waals surface area contributed by atoms with Crippen molar-refractivity contribution in [2.24, 2.45) is 0 Å². The van der Waals surface area contributed by atoms with Crippen LogP contribution in [0, 0.1) is 21.7 Å². The fraction of sp³-hybridized carbons (Fsp3) is 0. The number of nitro benzene ring substituents is 1. The van der Waals surface area contributed by atoms with Crippen LogP contribution in [-0.2, 0) is 0 Å². The molecule has 2 rings (SSSR count). The molecule has 0 aliphatic heterocycles. The predicted octanol–water partition coefficient (Wildman–Crippen LogP) is 0.427. The zero-order valence-corrected chi connectivity index (χ0v) is 8.67. The molecular formula is C8H6F2N6O2. The van der Waals surface area contributed by atoms with Crippen LogP contribution in [-0.4, -0.2) is 19.8 Å². The molecule has 0 spiro atoms. The lowest BCUT2D eigenvalue weighted by Gasteiger charge is -2.03. The average molecular weight is 256 g/mol. The Morgan fingerprint density at radius 1 is 1.28 bits per heavy atom. The summed E-state index contributed by atoms with van der Waals surface area (Å²) in [6.45, 7) is 0. The minimum atomic E-state index is -1.35. The Morgan fingerprint density at radius 2 is 1.89 bits per heavy atom. The number of aromatic nitrogens is 3. The van der Waals surface area contributed by atoms with E-state index in [2.05, 4.69) is 10.2 Å². The number of benzene rings is 1. The van der Waals surface area contributed by atoms with Crippen LogP contribution in [0.1, 0.15) is 0 Å². The van der Waals surface area contributed by atoms with Gasteiger partial charge in [0.2, 0.25) is 5.95 Å². The smallest absolute Gasteiger partial charge is 0.283 e. The second-order valence-corrected chi connectivity index (χ2v) is 3.29. The number of hydrogen-bond donors (Lipinski definition) is 2. The molecule has 0 atom stereocenters. The number of nitrogens with two attached hydrogens (primary N) is 2. The van der Waals surface area contributed by atoms with Crippen molar-refractivity contribution in [1.82, 2.24) is 14.9 Å². The van der Waals surface area contributed by atoms with E-state index in [4.69, 9.17) is 11.6 Å². The first-order chi connectivity index (χ1) is 8.41. The van der Waals surface area contributed by atoms with Gasteiger partial charge in [-0.1, -0.05) is 0 Å². The third-order valence-electron chi connectivity index (χ3n) is 2.20. The van der Waals surface area contributed by atoms with Gasteiger partial charge in [-0.25, -0.2) is 13.5 Å². The lowest BCUT2D eigenvalue weighted by Crippen LogP contribution is -2.14. The van der Waals surface area contributed by atoms with Gasteiger partial charge in [-0.05, 0) is 6.07 Å². The largest absolute Gasteiger partial charge is 0.366 e. The Balaban J connectivity index is 2.74. The Labute approximate surface area is 97.9 Å². The van der Waals surface area contributed by atoms with Crippen molar-refractivity contribution in [2.45, 2.75) is 0 Å². The zero-order valence-electron chi connectivity index (χ0n) is 8.67. The van der Waals surface area contributed by atoms with Gasteiger partial charge in [-0.3, -0.25) is 10.1 Å². The lowest BCUT2D eigenvalue weighted by atomic mass is 10.1. The molecule has 1 aromatic carbocycles. The summed E-state index contributed by atoms with van der Waals surface area (Å²) in [7, 11) is 0. The molecule has 0 saturated heterocycles. The highest BCUT2D eigenvalue weighted by molar-refractivity contribution is 5.69. The number of rotatable bonds is 2. The van der Waals surface area contributed by atoms with E-state index < -0.39 is 22.2 Å². The molecule has 0 radical (unpaired) electrons. The van der Waals surface area contributed by atoms with Crippen LogP contribution >= 0.6 is 0 Å². The van der Waals surface area contributed by atoms with Gasteiger partial charge in [0.1, 0.15) is 5.56 Å². The van der Waals surface area contributed by atoms with E-state index >= 15 is 0 Å². The minimum absolute atomic E-state index is 0.218. The molecule has 8 nitrogen and oxygen atoms in total. The molecule has 0 aliphatic rings. The van der Waals surface area contributed by atoms with Crippen LogP contribution in [0.5, 0.6) is 0 Å². The number of nitro groups is 1. The molecule has 0 fully saturated rings. The second-order valence-electron chi connectivity index (χ2n) is 3.29. The maximum absolute atomic E-state index is 13.1. The fourth-order valence-electron chi connectivity index (χ4n) is 1.35. The molecular weight excluding hydrogens is 250 g/mol. The zero-order chi connectivity index (χ0) is 13.4. The van der Waals surface area contributed by atoms with Gasteiger partial charge in [0.05, 0.1) is 11.0 Å². The van der Waals surface area contributed by atoms with Crippen LogP contribution in [0.15, 0.2) is 12.1 Å². The summed E-state index contributed by atoms with van der Waals surface area (Å²) in [5, 5.41) is 17.6. The Kier molecular flexibility index (Phi) is 2.54.